The molecular formula is C14H15N3O2S. The van der Waals surface area contributed by atoms with Crippen molar-refractivity contribution in [2.45, 2.75) is 26.2 Å². The summed E-state index contributed by atoms with van der Waals surface area (Å²) < 4.78 is 0. The number of anilines is 1. The number of hydrogen-bond acceptors (Lipinski definition) is 5. The van der Waals surface area contributed by atoms with Gasteiger partial charge in [0.2, 0.25) is 0 Å². The van der Waals surface area contributed by atoms with Crippen molar-refractivity contribution >= 4 is 22.3 Å². The first-order chi connectivity index (χ1) is 9.58. The number of thiophene rings is 1. The number of carboxylic acid groups (broad SMARTS) is 1. The fraction of sp³-hybridized carbons (Fsp3) is 0.500. The molecule has 0 saturated carbocycles. The van der Waals surface area contributed by atoms with E-state index in [2.05, 4.69) is 12.1 Å². The average molecular weight is 289 g/mol. The Morgan fingerprint density at radius 3 is 2.85 bits per heavy atom. The minimum atomic E-state index is -0.893. The molecule has 1 atom stereocenters. The van der Waals surface area contributed by atoms with Crippen LogP contribution in [0, 0.1) is 28.6 Å². The molecular weight excluding hydrogens is 274 g/mol. The van der Waals surface area contributed by atoms with E-state index in [1.54, 1.807) is 11.8 Å². The minimum absolute atomic E-state index is 0.103. The van der Waals surface area contributed by atoms with Crippen molar-refractivity contribution < 1.29 is 9.90 Å². The molecule has 6 heteroatoms. The Kier molecular flexibility index (Phi) is 4.26. The van der Waals surface area contributed by atoms with E-state index >= 15 is 0 Å². The number of rotatable bonds is 5. The molecule has 1 aromatic rings. The van der Waals surface area contributed by atoms with Crippen molar-refractivity contribution in [3.63, 3.8) is 0 Å². The van der Waals surface area contributed by atoms with Gasteiger partial charge in [-0.25, -0.2) is 0 Å². The van der Waals surface area contributed by atoms with Crippen LogP contribution in [0.3, 0.4) is 0 Å². The molecule has 0 fully saturated rings. The second-order valence-corrected chi connectivity index (χ2v) is 6.01. The molecule has 0 amide bonds. The maximum Gasteiger partial charge on any atom is 0.308 e. The number of nitrogens with zero attached hydrogens (tertiary/aromatic N) is 3. The predicted octanol–water partition coefficient (Wildman–Crippen LogP) is 2.16. The van der Waals surface area contributed by atoms with Gasteiger partial charge in [0.1, 0.15) is 17.6 Å². The zero-order chi connectivity index (χ0) is 14.7. The Morgan fingerprint density at radius 1 is 1.50 bits per heavy atom. The molecule has 1 aliphatic rings. The molecule has 0 bridgehead atoms. The molecule has 1 aromatic heterocycles. The van der Waals surface area contributed by atoms with Crippen molar-refractivity contribution in [2.24, 2.45) is 5.92 Å². The summed E-state index contributed by atoms with van der Waals surface area (Å²) in [7, 11) is 0. The van der Waals surface area contributed by atoms with Crippen LogP contribution in [0.25, 0.3) is 0 Å². The van der Waals surface area contributed by atoms with Crippen LogP contribution < -0.4 is 4.90 Å². The van der Waals surface area contributed by atoms with Gasteiger partial charge < -0.3 is 10.0 Å². The monoisotopic (exact) mass is 289 g/mol. The predicted molar refractivity (Wildman–Crippen MR) is 75.7 cm³/mol. The van der Waals surface area contributed by atoms with Gasteiger partial charge in [-0.1, -0.05) is 6.92 Å². The van der Waals surface area contributed by atoms with Gasteiger partial charge in [-0.2, -0.15) is 10.5 Å². The van der Waals surface area contributed by atoms with Crippen LogP contribution in [-0.4, -0.2) is 24.2 Å². The first-order valence-corrected chi connectivity index (χ1v) is 7.29. The van der Waals surface area contributed by atoms with Gasteiger partial charge >= 0.3 is 5.97 Å². The first-order valence-electron chi connectivity index (χ1n) is 6.47. The minimum Gasteiger partial charge on any atom is -0.481 e. The number of aliphatic carboxylic acids is 1. The summed E-state index contributed by atoms with van der Waals surface area (Å²) in [5, 5.41) is 28.1. The van der Waals surface area contributed by atoms with Gasteiger partial charge in [-0.15, -0.1) is 11.3 Å². The number of carbonyl (C=O) groups is 1. The topological polar surface area (TPSA) is 88.1 Å². The maximum atomic E-state index is 11.0. The molecule has 104 valence electrons. The summed E-state index contributed by atoms with van der Waals surface area (Å²) in [6.07, 6.45) is 2.95. The Labute approximate surface area is 121 Å². The van der Waals surface area contributed by atoms with E-state index in [0.29, 0.717) is 5.56 Å². The van der Waals surface area contributed by atoms with Crippen LogP contribution in [-0.2, 0) is 17.6 Å². The van der Waals surface area contributed by atoms with E-state index in [9.17, 15) is 10.1 Å². The normalized spacial score (nSPS) is 14.2. The molecule has 2 rings (SSSR count). The second-order valence-electron chi connectivity index (χ2n) is 4.93. The van der Waals surface area contributed by atoms with Crippen molar-refractivity contribution in [3.05, 3.63) is 16.0 Å². The molecule has 1 unspecified atom stereocenters. The van der Waals surface area contributed by atoms with Gasteiger partial charge in [0, 0.05) is 11.4 Å². The van der Waals surface area contributed by atoms with Crippen molar-refractivity contribution in [1.82, 2.24) is 0 Å². The van der Waals surface area contributed by atoms with Gasteiger partial charge in [-0.3, -0.25) is 4.79 Å². The molecule has 0 saturated heterocycles. The largest absolute Gasteiger partial charge is 0.481 e. The summed E-state index contributed by atoms with van der Waals surface area (Å²) in [6, 6.07) is 4.29. The molecule has 1 heterocycles. The highest BCUT2D eigenvalue weighted by Gasteiger charge is 2.26. The van der Waals surface area contributed by atoms with E-state index < -0.39 is 11.9 Å². The van der Waals surface area contributed by atoms with Gasteiger partial charge in [0.15, 0.2) is 0 Å². The second kappa shape index (κ2) is 5.94. The van der Waals surface area contributed by atoms with Gasteiger partial charge in [0.05, 0.1) is 17.6 Å². The summed E-state index contributed by atoms with van der Waals surface area (Å²) in [5.74, 6) is -1.47. The van der Waals surface area contributed by atoms with Crippen molar-refractivity contribution in [1.29, 1.82) is 10.5 Å². The van der Waals surface area contributed by atoms with Crippen molar-refractivity contribution in [2.75, 3.05) is 18.0 Å². The van der Waals surface area contributed by atoms with Crippen LogP contribution >= 0.6 is 11.3 Å². The zero-order valence-corrected chi connectivity index (χ0v) is 12.0. The van der Waals surface area contributed by atoms with Crippen LogP contribution in [0.5, 0.6) is 0 Å². The number of aryl methyl sites for hydroxylation is 1. The molecule has 1 aliphatic carbocycles. The molecule has 0 radical (unpaired) electrons. The smallest absolute Gasteiger partial charge is 0.308 e. The molecule has 1 N–H and O–H groups in total. The Hall–Kier alpha value is -2.05. The fourth-order valence-electron chi connectivity index (χ4n) is 2.44. The molecule has 0 spiro atoms. The van der Waals surface area contributed by atoms with E-state index in [0.717, 1.165) is 29.8 Å². The lowest BCUT2D eigenvalue weighted by atomic mass is 10.1. The zero-order valence-electron chi connectivity index (χ0n) is 11.2. The highest BCUT2D eigenvalue weighted by Crippen LogP contribution is 2.40. The van der Waals surface area contributed by atoms with Crippen LogP contribution in [0.1, 0.15) is 29.3 Å². The molecule has 0 aromatic carbocycles. The van der Waals surface area contributed by atoms with Crippen LogP contribution in [0.2, 0.25) is 0 Å². The maximum absolute atomic E-state index is 11.0. The van der Waals surface area contributed by atoms with E-state index in [-0.39, 0.29) is 13.1 Å². The summed E-state index contributed by atoms with van der Waals surface area (Å²) in [5.41, 5.74) is 1.73. The Bertz CT molecular complexity index is 609. The van der Waals surface area contributed by atoms with E-state index in [1.807, 2.05) is 0 Å². The summed E-state index contributed by atoms with van der Waals surface area (Å²) in [4.78, 5) is 13.9. The lowest BCUT2D eigenvalue weighted by Crippen LogP contribution is -2.32. The number of nitriles is 2. The van der Waals surface area contributed by atoms with Gasteiger partial charge in [0.25, 0.3) is 0 Å². The highest BCUT2D eigenvalue weighted by atomic mass is 32.1. The van der Waals surface area contributed by atoms with Gasteiger partial charge in [-0.05, 0) is 24.8 Å². The van der Waals surface area contributed by atoms with Crippen LogP contribution in [0.15, 0.2) is 0 Å². The summed E-state index contributed by atoms with van der Waals surface area (Å²) in [6.45, 7) is 1.96. The molecule has 20 heavy (non-hydrogen) atoms. The number of hydrogen-bond donors (Lipinski definition) is 1. The standard InChI is InChI=1S/C14H15N3O2S/c1-9(14(18)19)8-17(6-5-15)13-11(7-16)10-3-2-4-12(10)20-13/h9H,2-4,6,8H2,1H3,(H,18,19). The molecule has 0 aliphatic heterocycles. The summed E-state index contributed by atoms with van der Waals surface area (Å²) >= 11 is 1.53. The lowest BCUT2D eigenvalue weighted by molar-refractivity contribution is -0.140. The lowest BCUT2D eigenvalue weighted by Gasteiger charge is -2.22. The molecule has 5 nitrogen and oxygen atoms in total. The Balaban J connectivity index is 2.33. The average Bonchev–Trinajstić information content (AvgIpc) is 2.97. The SMILES string of the molecule is CC(CN(CC#N)c1sc2c(c1C#N)CCC2)C(=O)O. The third kappa shape index (κ3) is 2.61. The third-order valence-electron chi connectivity index (χ3n) is 3.48. The van der Waals surface area contributed by atoms with E-state index in [4.69, 9.17) is 10.4 Å². The number of fused-ring (bicyclic) bond motifs is 1. The van der Waals surface area contributed by atoms with Crippen LogP contribution in [0.4, 0.5) is 5.00 Å². The van der Waals surface area contributed by atoms with E-state index in [1.165, 1.54) is 16.2 Å². The number of carboxylic acids is 1. The Morgan fingerprint density at radius 2 is 2.25 bits per heavy atom. The fourth-order valence-corrected chi connectivity index (χ4v) is 3.79. The third-order valence-corrected chi connectivity index (χ3v) is 4.83. The first kappa shape index (κ1) is 14.4. The highest BCUT2D eigenvalue weighted by molar-refractivity contribution is 7.16. The van der Waals surface area contributed by atoms with Crippen molar-refractivity contribution in [3.8, 4) is 12.1 Å². The quantitative estimate of drug-likeness (QED) is 0.839.